The zero-order chi connectivity index (χ0) is 14.5. The normalized spacial score (nSPS) is 19.1. The Labute approximate surface area is 115 Å². The van der Waals surface area contributed by atoms with E-state index in [4.69, 9.17) is 9.84 Å². The van der Waals surface area contributed by atoms with Gasteiger partial charge >= 0.3 is 5.97 Å². The van der Waals surface area contributed by atoms with E-state index in [1.807, 2.05) is 0 Å². The van der Waals surface area contributed by atoms with Crippen molar-refractivity contribution >= 4 is 11.9 Å². The summed E-state index contributed by atoms with van der Waals surface area (Å²) < 4.78 is 5.01. The third kappa shape index (κ3) is 3.55. The van der Waals surface area contributed by atoms with Crippen LogP contribution in [0.1, 0.15) is 17.8 Å². The molecule has 0 fully saturated rings. The summed E-state index contributed by atoms with van der Waals surface area (Å²) in [4.78, 5) is 29.8. The van der Waals surface area contributed by atoms with Crippen molar-refractivity contribution < 1.29 is 19.4 Å². The molecule has 1 aliphatic heterocycles. The van der Waals surface area contributed by atoms with Crippen LogP contribution in [0.15, 0.2) is 6.33 Å². The number of aromatic amines is 1. The first-order chi connectivity index (χ1) is 9.60. The Hall–Kier alpha value is -1.93. The number of nitrogens with zero attached hydrogens (tertiary/aromatic N) is 1. The van der Waals surface area contributed by atoms with E-state index in [0.29, 0.717) is 13.0 Å². The van der Waals surface area contributed by atoms with E-state index in [1.54, 1.807) is 6.33 Å². The summed E-state index contributed by atoms with van der Waals surface area (Å²) in [5.74, 6) is -1.13. The highest BCUT2D eigenvalue weighted by Crippen LogP contribution is 2.12. The standard InChI is InChI=1S/C12H18N4O4/c1-20-7(2-11(17)18)4-14-12(19)9-3-8-10(5-13-9)16-6-15-8/h6-7,9,13H,2-5H2,1H3,(H,14,19)(H,15,16)(H,17,18). The number of methoxy groups -OCH3 is 1. The topological polar surface area (TPSA) is 116 Å². The van der Waals surface area contributed by atoms with Gasteiger partial charge < -0.3 is 20.1 Å². The number of fused-ring (bicyclic) bond motifs is 1. The van der Waals surface area contributed by atoms with Crippen LogP contribution in [0.5, 0.6) is 0 Å². The molecule has 0 radical (unpaired) electrons. The number of carbonyl (C=O) groups excluding carboxylic acids is 1. The second-order valence-corrected chi connectivity index (χ2v) is 4.67. The molecule has 0 bridgehead atoms. The highest BCUT2D eigenvalue weighted by Gasteiger charge is 2.26. The molecule has 110 valence electrons. The second-order valence-electron chi connectivity index (χ2n) is 4.67. The molecule has 4 N–H and O–H groups in total. The van der Waals surface area contributed by atoms with E-state index >= 15 is 0 Å². The highest BCUT2D eigenvalue weighted by atomic mass is 16.5. The lowest BCUT2D eigenvalue weighted by atomic mass is 10.0. The molecule has 1 aliphatic rings. The van der Waals surface area contributed by atoms with Gasteiger partial charge in [0.05, 0.1) is 36.3 Å². The Bertz CT molecular complexity index is 488. The first kappa shape index (κ1) is 14.5. The van der Waals surface area contributed by atoms with E-state index in [2.05, 4.69) is 20.6 Å². The number of aliphatic carboxylic acids is 1. The number of amides is 1. The van der Waals surface area contributed by atoms with Crippen molar-refractivity contribution in [2.24, 2.45) is 0 Å². The van der Waals surface area contributed by atoms with Crippen LogP contribution in [0.25, 0.3) is 0 Å². The van der Waals surface area contributed by atoms with E-state index in [1.165, 1.54) is 7.11 Å². The van der Waals surface area contributed by atoms with Crippen LogP contribution in [0.3, 0.4) is 0 Å². The lowest BCUT2D eigenvalue weighted by Crippen LogP contribution is -2.49. The number of H-pyrrole nitrogens is 1. The number of hydrogen-bond acceptors (Lipinski definition) is 5. The Balaban J connectivity index is 1.82. The Morgan fingerprint density at radius 1 is 1.65 bits per heavy atom. The van der Waals surface area contributed by atoms with Crippen LogP contribution in [0, 0.1) is 0 Å². The molecule has 0 saturated heterocycles. The van der Waals surface area contributed by atoms with Gasteiger partial charge in [-0.05, 0) is 0 Å². The van der Waals surface area contributed by atoms with Crippen molar-refractivity contribution in [3.05, 3.63) is 17.7 Å². The molecule has 2 atom stereocenters. The summed E-state index contributed by atoms with van der Waals surface area (Å²) in [5.41, 5.74) is 1.88. The third-order valence-electron chi connectivity index (χ3n) is 3.29. The quantitative estimate of drug-likeness (QED) is 0.533. The number of ether oxygens (including phenoxy) is 1. The molecule has 1 aromatic rings. The fourth-order valence-electron chi connectivity index (χ4n) is 2.13. The maximum absolute atomic E-state index is 12.0. The summed E-state index contributed by atoms with van der Waals surface area (Å²) in [6.07, 6.45) is 1.46. The number of carboxylic acids is 1. The summed E-state index contributed by atoms with van der Waals surface area (Å²) in [6, 6.07) is -0.354. The van der Waals surface area contributed by atoms with Crippen LogP contribution in [0.4, 0.5) is 0 Å². The Morgan fingerprint density at radius 2 is 2.45 bits per heavy atom. The summed E-state index contributed by atoms with van der Waals surface area (Å²) >= 11 is 0. The van der Waals surface area contributed by atoms with Crippen LogP contribution in [0.2, 0.25) is 0 Å². The van der Waals surface area contributed by atoms with Crippen molar-refractivity contribution in [2.45, 2.75) is 31.5 Å². The zero-order valence-corrected chi connectivity index (χ0v) is 11.2. The number of aromatic nitrogens is 2. The van der Waals surface area contributed by atoms with Gasteiger partial charge in [-0.2, -0.15) is 0 Å². The molecule has 2 unspecified atom stereocenters. The molecule has 2 rings (SSSR count). The summed E-state index contributed by atoms with van der Waals surface area (Å²) in [5, 5.41) is 14.5. The first-order valence-electron chi connectivity index (χ1n) is 6.37. The van der Waals surface area contributed by atoms with Gasteiger partial charge in [-0.3, -0.25) is 14.9 Å². The van der Waals surface area contributed by atoms with E-state index in [9.17, 15) is 9.59 Å². The van der Waals surface area contributed by atoms with Crippen molar-refractivity contribution in [1.82, 2.24) is 20.6 Å². The maximum Gasteiger partial charge on any atom is 0.306 e. The van der Waals surface area contributed by atoms with Gasteiger partial charge in [0.2, 0.25) is 5.91 Å². The smallest absolute Gasteiger partial charge is 0.306 e. The fourth-order valence-corrected chi connectivity index (χ4v) is 2.13. The van der Waals surface area contributed by atoms with Gasteiger partial charge in [-0.15, -0.1) is 0 Å². The Kier molecular flexibility index (Phi) is 4.70. The number of rotatable bonds is 6. The van der Waals surface area contributed by atoms with Crippen LogP contribution in [-0.4, -0.2) is 52.8 Å². The molecular weight excluding hydrogens is 264 g/mol. The fraction of sp³-hybridized carbons (Fsp3) is 0.583. The van der Waals surface area contributed by atoms with Crippen LogP contribution < -0.4 is 10.6 Å². The molecule has 0 aromatic carbocycles. The molecule has 8 heteroatoms. The Morgan fingerprint density at radius 3 is 3.15 bits per heavy atom. The van der Waals surface area contributed by atoms with Crippen molar-refractivity contribution in [3.63, 3.8) is 0 Å². The molecule has 1 aromatic heterocycles. The van der Waals surface area contributed by atoms with Gasteiger partial charge in [0.25, 0.3) is 0 Å². The molecule has 1 amide bonds. The molecular formula is C12H18N4O4. The number of carboxylic acid groups (broad SMARTS) is 1. The van der Waals surface area contributed by atoms with Gasteiger partial charge in [0, 0.05) is 26.6 Å². The van der Waals surface area contributed by atoms with Crippen LogP contribution >= 0.6 is 0 Å². The molecule has 8 nitrogen and oxygen atoms in total. The number of hydrogen-bond donors (Lipinski definition) is 4. The average Bonchev–Trinajstić information content (AvgIpc) is 2.89. The summed E-state index contributed by atoms with van der Waals surface area (Å²) in [7, 11) is 1.43. The predicted octanol–water partition coefficient (Wildman–Crippen LogP) is -0.970. The number of imidazole rings is 1. The summed E-state index contributed by atoms with van der Waals surface area (Å²) in [6.45, 7) is 0.740. The minimum absolute atomic E-state index is 0.140. The van der Waals surface area contributed by atoms with Gasteiger partial charge in [-0.25, -0.2) is 4.98 Å². The molecule has 0 saturated carbocycles. The highest BCUT2D eigenvalue weighted by molar-refractivity contribution is 5.82. The van der Waals surface area contributed by atoms with Gasteiger partial charge in [0.15, 0.2) is 0 Å². The van der Waals surface area contributed by atoms with E-state index < -0.39 is 12.1 Å². The monoisotopic (exact) mass is 282 g/mol. The minimum atomic E-state index is -0.956. The zero-order valence-electron chi connectivity index (χ0n) is 11.2. The van der Waals surface area contributed by atoms with Crippen molar-refractivity contribution in [1.29, 1.82) is 0 Å². The molecule has 20 heavy (non-hydrogen) atoms. The SMILES string of the molecule is COC(CNC(=O)C1Cc2nc[nH]c2CN1)CC(=O)O. The molecule has 0 aliphatic carbocycles. The van der Waals surface area contributed by atoms with E-state index in [-0.39, 0.29) is 24.9 Å². The van der Waals surface area contributed by atoms with Crippen molar-refractivity contribution in [2.75, 3.05) is 13.7 Å². The average molecular weight is 282 g/mol. The van der Waals surface area contributed by atoms with Crippen molar-refractivity contribution in [3.8, 4) is 0 Å². The number of carbonyl (C=O) groups is 2. The largest absolute Gasteiger partial charge is 0.481 e. The lowest BCUT2D eigenvalue weighted by molar-refractivity contribution is -0.140. The van der Waals surface area contributed by atoms with Gasteiger partial charge in [0.1, 0.15) is 0 Å². The molecule has 0 spiro atoms. The minimum Gasteiger partial charge on any atom is -0.481 e. The first-order valence-corrected chi connectivity index (χ1v) is 6.37. The second kappa shape index (κ2) is 6.49. The molecule has 2 heterocycles. The maximum atomic E-state index is 12.0. The van der Waals surface area contributed by atoms with Gasteiger partial charge in [-0.1, -0.05) is 0 Å². The number of nitrogens with one attached hydrogen (secondary N) is 3. The third-order valence-corrected chi connectivity index (χ3v) is 3.29. The predicted molar refractivity (Wildman–Crippen MR) is 69.0 cm³/mol. The lowest BCUT2D eigenvalue weighted by Gasteiger charge is -2.23. The van der Waals surface area contributed by atoms with E-state index in [0.717, 1.165) is 11.4 Å². The van der Waals surface area contributed by atoms with Crippen LogP contribution in [-0.2, 0) is 27.3 Å².